The molecule has 1 heterocycles. The number of ether oxygens (including phenoxy) is 1. The van der Waals surface area contributed by atoms with Crippen molar-refractivity contribution in [3.8, 4) is 5.75 Å². The van der Waals surface area contributed by atoms with Gasteiger partial charge in [0, 0.05) is 11.5 Å². The van der Waals surface area contributed by atoms with E-state index in [-0.39, 0.29) is 11.9 Å². The van der Waals surface area contributed by atoms with Gasteiger partial charge in [0.1, 0.15) is 17.7 Å². The number of fused-ring (bicyclic) bond motifs is 1. The highest BCUT2D eigenvalue weighted by Crippen LogP contribution is 2.37. The van der Waals surface area contributed by atoms with E-state index in [2.05, 4.69) is 6.92 Å². The summed E-state index contributed by atoms with van der Waals surface area (Å²) in [6.45, 7) is 8.05. The molecule has 1 nitrogen and oxygen atoms in total. The summed E-state index contributed by atoms with van der Waals surface area (Å²) in [6.07, 6.45) is 0.168. The summed E-state index contributed by atoms with van der Waals surface area (Å²) in [5.74, 6) is 0.949. The van der Waals surface area contributed by atoms with Crippen LogP contribution in [0.1, 0.15) is 39.2 Å². The molecule has 0 N–H and O–H groups in total. The maximum absolute atomic E-state index is 12.8. The molecule has 0 amide bonds. The monoisotopic (exact) mass is 196 g/mol. The maximum Gasteiger partial charge on any atom is 0.123 e. The Labute approximate surface area is 84.9 Å². The summed E-state index contributed by atoms with van der Waals surface area (Å²) in [5.41, 5.74) is 0.988. The largest absolute Gasteiger partial charge is 0.490 e. The Balaban J connectivity index is 0.000000461. The first-order valence-electron chi connectivity index (χ1n) is 5.14. The lowest BCUT2D eigenvalue weighted by Crippen LogP contribution is -2.10. The number of halogens is 1. The smallest absolute Gasteiger partial charge is 0.123 e. The summed E-state index contributed by atoms with van der Waals surface area (Å²) < 4.78 is 18.3. The molecule has 0 aliphatic carbocycles. The normalized spacial score (nSPS) is 23.2. The van der Waals surface area contributed by atoms with E-state index in [1.165, 1.54) is 6.07 Å². The van der Waals surface area contributed by atoms with Crippen LogP contribution in [0.2, 0.25) is 0 Å². The topological polar surface area (TPSA) is 9.23 Å². The third kappa shape index (κ3) is 1.89. The van der Waals surface area contributed by atoms with Gasteiger partial charge < -0.3 is 4.74 Å². The van der Waals surface area contributed by atoms with Crippen LogP contribution in [0, 0.1) is 5.82 Å². The molecule has 0 bridgehead atoms. The van der Waals surface area contributed by atoms with Crippen molar-refractivity contribution < 1.29 is 9.13 Å². The molecule has 0 fully saturated rings. The lowest BCUT2D eigenvalue weighted by atomic mass is 9.99. The van der Waals surface area contributed by atoms with Crippen LogP contribution in [0.25, 0.3) is 0 Å². The molecule has 2 atom stereocenters. The van der Waals surface area contributed by atoms with Crippen molar-refractivity contribution in [2.75, 3.05) is 0 Å². The Hall–Kier alpha value is -1.05. The Morgan fingerprint density at radius 2 is 1.86 bits per heavy atom. The Kier molecular flexibility index (Phi) is 3.50. The first kappa shape index (κ1) is 11.0. The van der Waals surface area contributed by atoms with Crippen LogP contribution in [0.4, 0.5) is 4.39 Å². The van der Waals surface area contributed by atoms with Crippen LogP contribution in [0.5, 0.6) is 5.75 Å². The molecule has 14 heavy (non-hydrogen) atoms. The number of rotatable bonds is 0. The Morgan fingerprint density at radius 1 is 1.21 bits per heavy atom. The lowest BCUT2D eigenvalue weighted by molar-refractivity contribution is 0.232. The predicted molar refractivity (Wildman–Crippen MR) is 56.3 cm³/mol. The quantitative estimate of drug-likeness (QED) is 0.614. The van der Waals surface area contributed by atoms with Crippen molar-refractivity contribution in [3.05, 3.63) is 29.6 Å². The van der Waals surface area contributed by atoms with Crippen molar-refractivity contribution in [1.29, 1.82) is 0 Å². The summed E-state index contributed by atoms with van der Waals surface area (Å²) in [5, 5.41) is 0. The summed E-state index contributed by atoms with van der Waals surface area (Å²) >= 11 is 0. The molecule has 0 aromatic heterocycles. The van der Waals surface area contributed by atoms with Gasteiger partial charge in [-0.25, -0.2) is 4.39 Å². The fourth-order valence-electron chi connectivity index (χ4n) is 1.54. The molecule has 1 aromatic rings. The first-order valence-corrected chi connectivity index (χ1v) is 5.14. The third-order valence-electron chi connectivity index (χ3n) is 2.48. The van der Waals surface area contributed by atoms with Gasteiger partial charge in [0.05, 0.1) is 0 Å². The standard InChI is InChI=1S/C10H11FO.C2H6/c1-6-7(2)12-10-4-3-8(11)5-9(6)10;1-2/h3-7H,1-2H3;1-2H3. The molecule has 0 spiro atoms. The second-order valence-electron chi connectivity index (χ2n) is 3.29. The van der Waals surface area contributed by atoms with E-state index in [0.29, 0.717) is 5.92 Å². The van der Waals surface area contributed by atoms with Gasteiger partial charge >= 0.3 is 0 Å². The van der Waals surface area contributed by atoms with Crippen LogP contribution in [0.3, 0.4) is 0 Å². The van der Waals surface area contributed by atoms with Gasteiger partial charge in [-0.3, -0.25) is 0 Å². The van der Waals surface area contributed by atoms with E-state index in [0.717, 1.165) is 11.3 Å². The molecule has 2 rings (SSSR count). The molecule has 0 saturated heterocycles. The van der Waals surface area contributed by atoms with Crippen molar-refractivity contribution in [2.24, 2.45) is 0 Å². The van der Waals surface area contributed by atoms with Gasteiger partial charge in [0.15, 0.2) is 0 Å². The SMILES string of the molecule is CC.CC1Oc2ccc(F)cc2C1C. The zero-order valence-corrected chi connectivity index (χ0v) is 9.17. The highest BCUT2D eigenvalue weighted by atomic mass is 19.1. The second kappa shape index (κ2) is 4.45. The average molecular weight is 196 g/mol. The van der Waals surface area contributed by atoms with Crippen LogP contribution >= 0.6 is 0 Å². The number of benzene rings is 1. The predicted octanol–water partition coefficient (Wildman–Crippen LogP) is 3.74. The van der Waals surface area contributed by atoms with E-state index in [9.17, 15) is 4.39 Å². The van der Waals surface area contributed by atoms with Crippen molar-refractivity contribution >= 4 is 0 Å². The zero-order chi connectivity index (χ0) is 10.7. The van der Waals surface area contributed by atoms with Gasteiger partial charge in [0.2, 0.25) is 0 Å². The number of hydrogen-bond donors (Lipinski definition) is 0. The fraction of sp³-hybridized carbons (Fsp3) is 0.500. The minimum absolute atomic E-state index is 0.168. The molecule has 2 unspecified atom stereocenters. The van der Waals surface area contributed by atoms with Crippen LogP contribution < -0.4 is 4.74 Å². The van der Waals surface area contributed by atoms with Gasteiger partial charge in [-0.05, 0) is 25.1 Å². The molecular formula is C12H17FO. The van der Waals surface area contributed by atoms with E-state index in [4.69, 9.17) is 4.74 Å². The highest BCUT2D eigenvalue weighted by molar-refractivity contribution is 5.40. The van der Waals surface area contributed by atoms with Crippen LogP contribution in [-0.2, 0) is 0 Å². The number of hydrogen-bond acceptors (Lipinski definition) is 1. The highest BCUT2D eigenvalue weighted by Gasteiger charge is 2.27. The molecule has 1 aliphatic heterocycles. The summed E-state index contributed by atoms with van der Waals surface area (Å²) in [4.78, 5) is 0. The summed E-state index contributed by atoms with van der Waals surface area (Å²) in [7, 11) is 0. The molecular weight excluding hydrogens is 179 g/mol. The molecule has 0 saturated carbocycles. The third-order valence-corrected chi connectivity index (χ3v) is 2.48. The second-order valence-corrected chi connectivity index (χ2v) is 3.29. The average Bonchev–Trinajstić information content (AvgIpc) is 2.48. The molecule has 1 aromatic carbocycles. The van der Waals surface area contributed by atoms with Gasteiger partial charge in [-0.2, -0.15) is 0 Å². The van der Waals surface area contributed by atoms with Crippen molar-refractivity contribution in [2.45, 2.75) is 39.7 Å². The zero-order valence-electron chi connectivity index (χ0n) is 9.17. The van der Waals surface area contributed by atoms with Gasteiger partial charge in [-0.1, -0.05) is 20.8 Å². The van der Waals surface area contributed by atoms with E-state index in [1.807, 2.05) is 20.8 Å². The van der Waals surface area contributed by atoms with Crippen molar-refractivity contribution in [1.82, 2.24) is 0 Å². The minimum Gasteiger partial charge on any atom is -0.490 e. The first-order chi connectivity index (χ1) is 6.68. The molecule has 0 radical (unpaired) electrons. The molecule has 1 aliphatic rings. The lowest BCUT2D eigenvalue weighted by Gasteiger charge is -2.06. The molecule has 78 valence electrons. The Bertz CT molecular complexity index is 309. The van der Waals surface area contributed by atoms with Crippen molar-refractivity contribution in [3.63, 3.8) is 0 Å². The Morgan fingerprint density at radius 3 is 2.50 bits per heavy atom. The summed E-state index contributed by atoms with van der Waals surface area (Å²) in [6, 6.07) is 4.69. The van der Waals surface area contributed by atoms with E-state index in [1.54, 1.807) is 12.1 Å². The van der Waals surface area contributed by atoms with E-state index >= 15 is 0 Å². The van der Waals surface area contributed by atoms with E-state index < -0.39 is 0 Å². The molecule has 2 heteroatoms. The maximum atomic E-state index is 12.8. The fourth-order valence-corrected chi connectivity index (χ4v) is 1.54. The minimum atomic E-state index is -0.182. The van der Waals surface area contributed by atoms with Crippen LogP contribution in [-0.4, -0.2) is 6.10 Å². The van der Waals surface area contributed by atoms with Crippen LogP contribution in [0.15, 0.2) is 18.2 Å². The van der Waals surface area contributed by atoms with Gasteiger partial charge in [-0.15, -0.1) is 0 Å². The van der Waals surface area contributed by atoms with Gasteiger partial charge in [0.25, 0.3) is 0 Å².